The first kappa shape index (κ1) is 18.0. The molecule has 4 heterocycles. The molecule has 2 aliphatic heterocycles. The zero-order chi connectivity index (χ0) is 18.8. The van der Waals surface area contributed by atoms with Gasteiger partial charge in [0, 0.05) is 32.4 Å². The van der Waals surface area contributed by atoms with Crippen molar-refractivity contribution < 1.29 is 14.3 Å². The molecule has 2 atom stereocenters. The first-order valence-corrected chi connectivity index (χ1v) is 9.79. The van der Waals surface area contributed by atoms with Gasteiger partial charge < -0.3 is 15.0 Å². The Bertz CT molecular complexity index is 841. The van der Waals surface area contributed by atoms with Crippen LogP contribution in [0.3, 0.4) is 0 Å². The van der Waals surface area contributed by atoms with E-state index in [1.54, 1.807) is 10.6 Å². The lowest BCUT2D eigenvalue weighted by Gasteiger charge is -2.30. The third-order valence-electron chi connectivity index (χ3n) is 5.41. The van der Waals surface area contributed by atoms with E-state index >= 15 is 0 Å². The molecule has 7 heteroatoms. The van der Waals surface area contributed by atoms with Gasteiger partial charge in [0.05, 0.1) is 11.6 Å². The second-order valence-corrected chi connectivity index (χ2v) is 7.58. The van der Waals surface area contributed by atoms with E-state index in [-0.39, 0.29) is 17.9 Å². The molecule has 0 radical (unpaired) electrons. The van der Waals surface area contributed by atoms with E-state index in [0.717, 1.165) is 45.4 Å². The van der Waals surface area contributed by atoms with Gasteiger partial charge in [-0.2, -0.15) is 0 Å². The number of piperidine rings is 1. The van der Waals surface area contributed by atoms with E-state index in [1.165, 1.54) is 0 Å². The monoisotopic (exact) mass is 370 g/mol. The van der Waals surface area contributed by atoms with Crippen LogP contribution in [-0.4, -0.2) is 58.4 Å². The van der Waals surface area contributed by atoms with Gasteiger partial charge in [-0.1, -0.05) is 13.0 Å². The van der Waals surface area contributed by atoms with Gasteiger partial charge in [0.2, 0.25) is 5.82 Å². The van der Waals surface area contributed by atoms with Crippen molar-refractivity contribution in [1.82, 2.24) is 19.6 Å². The van der Waals surface area contributed by atoms with Crippen LogP contribution in [0.25, 0.3) is 5.52 Å². The van der Waals surface area contributed by atoms with E-state index in [2.05, 4.69) is 17.2 Å². The molecule has 0 aromatic carbocycles. The quantitative estimate of drug-likeness (QED) is 0.894. The number of imidazole rings is 1. The molecule has 27 heavy (non-hydrogen) atoms. The molecule has 2 aromatic heterocycles. The molecule has 4 rings (SSSR count). The maximum absolute atomic E-state index is 13.1. The van der Waals surface area contributed by atoms with Gasteiger partial charge in [-0.25, -0.2) is 4.98 Å². The highest BCUT2D eigenvalue weighted by Crippen LogP contribution is 2.20. The van der Waals surface area contributed by atoms with Crippen molar-refractivity contribution in [1.29, 1.82) is 0 Å². The first-order chi connectivity index (χ1) is 13.1. The fraction of sp³-hybridized carbons (Fsp3) is 0.550. The molecule has 2 aliphatic rings. The molecule has 1 N–H and O–H groups in total. The highest BCUT2D eigenvalue weighted by molar-refractivity contribution is 6.02. The van der Waals surface area contributed by atoms with E-state index in [1.807, 2.05) is 23.1 Å². The SMILES string of the molecule is CC1CCCN(C(=O)c2nc(C(=O)NCC3CCCO3)c3ccccn23)C1. The Balaban J connectivity index is 1.58. The number of hydrogen-bond donors (Lipinski definition) is 1. The summed E-state index contributed by atoms with van der Waals surface area (Å²) in [6.45, 7) is 4.86. The summed E-state index contributed by atoms with van der Waals surface area (Å²) in [5.74, 6) is 0.422. The third-order valence-corrected chi connectivity index (χ3v) is 5.41. The molecule has 7 nitrogen and oxygen atoms in total. The average Bonchev–Trinajstić information content (AvgIpc) is 3.33. The number of ether oxygens (including phenoxy) is 1. The summed E-state index contributed by atoms with van der Waals surface area (Å²) in [4.78, 5) is 32.1. The summed E-state index contributed by atoms with van der Waals surface area (Å²) >= 11 is 0. The zero-order valence-electron chi connectivity index (χ0n) is 15.7. The normalized spacial score (nSPS) is 22.9. The fourth-order valence-electron chi connectivity index (χ4n) is 3.97. The minimum Gasteiger partial charge on any atom is -0.376 e. The van der Waals surface area contributed by atoms with Gasteiger partial charge in [-0.3, -0.25) is 14.0 Å². The van der Waals surface area contributed by atoms with Crippen LogP contribution in [-0.2, 0) is 4.74 Å². The molecule has 2 fully saturated rings. The fourth-order valence-corrected chi connectivity index (χ4v) is 3.97. The van der Waals surface area contributed by atoms with Gasteiger partial charge in [-0.15, -0.1) is 0 Å². The second-order valence-electron chi connectivity index (χ2n) is 7.58. The summed E-state index contributed by atoms with van der Waals surface area (Å²) in [5, 5.41) is 2.91. The number of amides is 2. The van der Waals surface area contributed by atoms with Gasteiger partial charge >= 0.3 is 0 Å². The largest absolute Gasteiger partial charge is 0.376 e. The maximum atomic E-state index is 13.1. The average molecular weight is 370 g/mol. The van der Waals surface area contributed by atoms with Gasteiger partial charge in [0.25, 0.3) is 11.8 Å². The summed E-state index contributed by atoms with van der Waals surface area (Å²) < 4.78 is 7.28. The Morgan fingerprint density at radius 3 is 2.96 bits per heavy atom. The third kappa shape index (κ3) is 3.69. The van der Waals surface area contributed by atoms with Gasteiger partial charge in [-0.05, 0) is 43.7 Å². The van der Waals surface area contributed by atoms with Crippen molar-refractivity contribution >= 4 is 17.3 Å². The first-order valence-electron chi connectivity index (χ1n) is 9.79. The molecule has 2 amide bonds. The number of likely N-dealkylation sites (tertiary alicyclic amines) is 1. The van der Waals surface area contributed by atoms with E-state index < -0.39 is 0 Å². The molecule has 0 aliphatic carbocycles. The number of nitrogens with one attached hydrogen (secondary N) is 1. The predicted molar refractivity (Wildman–Crippen MR) is 101 cm³/mol. The Hall–Kier alpha value is -2.41. The minimum atomic E-state index is -0.264. The standard InChI is InChI=1S/C20H26N4O3/c1-14-6-4-9-23(13-14)20(26)18-22-17(16-8-2-3-10-24(16)18)19(25)21-12-15-7-5-11-27-15/h2-3,8,10,14-15H,4-7,9,11-13H2,1H3,(H,21,25). The van der Waals surface area contributed by atoms with E-state index in [0.29, 0.717) is 29.5 Å². The maximum Gasteiger partial charge on any atom is 0.290 e. The van der Waals surface area contributed by atoms with E-state index in [4.69, 9.17) is 4.74 Å². The van der Waals surface area contributed by atoms with Crippen molar-refractivity contribution in [2.75, 3.05) is 26.2 Å². The Morgan fingerprint density at radius 2 is 2.19 bits per heavy atom. The smallest absolute Gasteiger partial charge is 0.290 e. The molecule has 2 saturated heterocycles. The highest BCUT2D eigenvalue weighted by Gasteiger charge is 2.28. The number of hydrogen-bond acceptors (Lipinski definition) is 4. The summed E-state index contributed by atoms with van der Waals surface area (Å²) in [6, 6.07) is 5.52. The van der Waals surface area contributed by atoms with Crippen molar-refractivity contribution in [3.05, 3.63) is 35.9 Å². The number of carbonyl (C=O) groups excluding carboxylic acids is 2. The summed E-state index contributed by atoms with van der Waals surface area (Å²) in [7, 11) is 0. The molecule has 144 valence electrons. The lowest BCUT2D eigenvalue weighted by molar-refractivity contribution is 0.0669. The summed E-state index contributed by atoms with van der Waals surface area (Å²) in [6.07, 6.45) is 5.99. The molecular weight excluding hydrogens is 344 g/mol. The minimum absolute atomic E-state index is 0.0683. The zero-order valence-corrected chi connectivity index (χ0v) is 15.7. The molecular formula is C20H26N4O3. The van der Waals surface area contributed by atoms with Crippen molar-refractivity contribution in [3.63, 3.8) is 0 Å². The molecule has 0 spiro atoms. The molecule has 2 aromatic rings. The number of nitrogens with zero attached hydrogens (tertiary/aromatic N) is 3. The lowest BCUT2D eigenvalue weighted by Crippen LogP contribution is -2.40. The number of carbonyl (C=O) groups is 2. The molecule has 0 bridgehead atoms. The molecule has 2 unspecified atom stereocenters. The van der Waals surface area contributed by atoms with Crippen molar-refractivity contribution in [3.8, 4) is 0 Å². The second kappa shape index (κ2) is 7.68. The predicted octanol–water partition coefficient (Wildman–Crippen LogP) is 2.12. The van der Waals surface area contributed by atoms with Crippen LogP contribution >= 0.6 is 0 Å². The topological polar surface area (TPSA) is 75.9 Å². The van der Waals surface area contributed by atoms with Crippen LogP contribution in [0.1, 0.15) is 53.7 Å². The van der Waals surface area contributed by atoms with Crippen LogP contribution in [0.15, 0.2) is 24.4 Å². The Morgan fingerprint density at radius 1 is 1.30 bits per heavy atom. The van der Waals surface area contributed by atoms with E-state index in [9.17, 15) is 9.59 Å². The van der Waals surface area contributed by atoms with Gasteiger partial charge in [0.15, 0.2) is 5.69 Å². The number of aromatic nitrogens is 2. The van der Waals surface area contributed by atoms with Gasteiger partial charge in [0.1, 0.15) is 0 Å². The Kier molecular flexibility index (Phi) is 5.11. The van der Waals surface area contributed by atoms with Crippen molar-refractivity contribution in [2.24, 2.45) is 5.92 Å². The van der Waals surface area contributed by atoms with Crippen molar-refractivity contribution in [2.45, 2.75) is 38.7 Å². The summed E-state index contributed by atoms with van der Waals surface area (Å²) in [5.41, 5.74) is 0.942. The highest BCUT2D eigenvalue weighted by atomic mass is 16.5. The Labute approximate surface area is 158 Å². The number of pyridine rings is 1. The van der Waals surface area contributed by atoms with Crippen LogP contribution in [0, 0.1) is 5.92 Å². The number of fused-ring (bicyclic) bond motifs is 1. The lowest BCUT2D eigenvalue weighted by atomic mass is 10.0. The molecule has 0 saturated carbocycles. The van der Waals surface area contributed by atoms with Crippen LogP contribution < -0.4 is 5.32 Å². The van der Waals surface area contributed by atoms with Crippen LogP contribution in [0.5, 0.6) is 0 Å². The number of rotatable bonds is 4. The van der Waals surface area contributed by atoms with Crippen LogP contribution in [0.4, 0.5) is 0 Å². The van der Waals surface area contributed by atoms with Crippen LogP contribution in [0.2, 0.25) is 0 Å².